The minimum atomic E-state index is 0.789. The first-order valence-electron chi connectivity index (χ1n) is 7.83. The molecule has 104 valence electrons. The van der Waals surface area contributed by atoms with Crippen LogP contribution in [0.4, 0.5) is 0 Å². The minimum Gasteiger partial charge on any atom is -0.316 e. The van der Waals surface area contributed by atoms with Crippen molar-refractivity contribution < 1.29 is 0 Å². The van der Waals surface area contributed by atoms with Crippen LogP contribution in [0.15, 0.2) is 30.3 Å². The monoisotopic (exact) mass is 258 g/mol. The minimum absolute atomic E-state index is 0.789. The Morgan fingerprint density at radius 1 is 1.16 bits per heavy atom. The predicted octanol–water partition coefficient (Wildman–Crippen LogP) is 2.55. The molecule has 2 heteroatoms. The fraction of sp³-hybridized carbons (Fsp3) is 0.647. The molecule has 0 bridgehead atoms. The van der Waals surface area contributed by atoms with Crippen LogP contribution >= 0.6 is 0 Å². The summed E-state index contributed by atoms with van der Waals surface area (Å²) in [5, 5.41) is 3.54. The fourth-order valence-electron chi connectivity index (χ4n) is 3.84. The van der Waals surface area contributed by atoms with Crippen molar-refractivity contribution in [3.63, 3.8) is 0 Å². The van der Waals surface area contributed by atoms with Gasteiger partial charge in [-0.25, -0.2) is 0 Å². The third kappa shape index (κ3) is 3.01. The number of nitrogens with one attached hydrogen (secondary N) is 1. The Kier molecular flexibility index (Phi) is 4.19. The zero-order valence-electron chi connectivity index (χ0n) is 12.0. The lowest BCUT2D eigenvalue weighted by Gasteiger charge is -2.24. The summed E-state index contributed by atoms with van der Waals surface area (Å²) in [6, 6.07) is 11.7. The SMILES string of the molecule is CC1C2CNCC2CN1CCCCc1ccccc1. The third-order valence-electron chi connectivity index (χ3n) is 5.06. The number of nitrogens with zero attached hydrogens (tertiary/aromatic N) is 1. The summed E-state index contributed by atoms with van der Waals surface area (Å²) in [5.74, 6) is 1.83. The molecule has 3 unspecified atom stereocenters. The van der Waals surface area contributed by atoms with Crippen molar-refractivity contribution in [1.82, 2.24) is 10.2 Å². The Morgan fingerprint density at radius 2 is 2.00 bits per heavy atom. The maximum absolute atomic E-state index is 3.54. The third-order valence-corrected chi connectivity index (χ3v) is 5.06. The van der Waals surface area contributed by atoms with E-state index in [0.717, 1.165) is 17.9 Å². The van der Waals surface area contributed by atoms with Gasteiger partial charge in [0, 0.05) is 12.6 Å². The molecule has 3 rings (SSSR count). The van der Waals surface area contributed by atoms with Gasteiger partial charge in [-0.05, 0) is 63.2 Å². The Bertz CT molecular complexity index is 390. The molecule has 0 amide bonds. The van der Waals surface area contributed by atoms with Crippen molar-refractivity contribution >= 4 is 0 Å². The number of hydrogen-bond donors (Lipinski definition) is 1. The van der Waals surface area contributed by atoms with E-state index in [0.29, 0.717) is 0 Å². The quantitative estimate of drug-likeness (QED) is 0.817. The van der Waals surface area contributed by atoms with Gasteiger partial charge >= 0.3 is 0 Å². The standard InChI is InChI=1S/C17H26N2/c1-14-17-12-18-11-16(17)13-19(14)10-6-5-9-15-7-3-2-4-8-15/h2-4,7-8,14,16-18H,5-6,9-13H2,1H3. The molecule has 1 aromatic rings. The summed E-state index contributed by atoms with van der Waals surface area (Å²) in [6.07, 6.45) is 3.89. The van der Waals surface area contributed by atoms with Gasteiger partial charge < -0.3 is 5.32 Å². The first-order valence-corrected chi connectivity index (χ1v) is 7.83. The highest BCUT2D eigenvalue weighted by molar-refractivity contribution is 5.14. The molecule has 2 nitrogen and oxygen atoms in total. The van der Waals surface area contributed by atoms with E-state index < -0.39 is 0 Å². The van der Waals surface area contributed by atoms with Gasteiger partial charge in [0.1, 0.15) is 0 Å². The Labute approximate surface area is 117 Å². The Morgan fingerprint density at radius 3 is 2.79 bits per heavy atom. The van der Waals surface area contributed by atoms with E-state index in [9.17, 15) is 0 Å². The lowest BCUT2D eigenvalue weighted by atomic mass is 9.95. The van der Waals surface area contributed by atoms with Crippen molar-refractivity contribution in [2.24, 2.45) is 11.8 Å². The van der Waals surface area contributed by atoms with Gasteiger partial charge in [0.05, 0.1) is 0 Å². The molecule has 0 radical (unpaired) electrons. The molecule has 2 fully saturated rings. The van der Waals surface area contributed by atoms with Crippen LogP contribution in [0.5, 0.6) is 0 Å². The van der Waals surface area contributed by atoms with E-state index in [-0.39, 0.29) is 0 Å². The molecule has 2 aliphatic rings. The van der Waals surface area contributed by atoms with Crippen molar-refractivity contribution in [3.05, 3.63) is 35.9 Å². The lowest BCUT2D eigenvalue weighted by Crippen LogP contribution is -2.33. The molecule has 0 aliphatic carbocycles. The molecule has 0 aromatic heterocycles. The summed E-state index contributed by atoms with van der Waals surface area (Å²) in [7, 11) is 0. The second-order valence-corrected chi connectivity index (χ2v) is 6.26. The topological polar surface area (TPSA) is 15.3 Å². The molecule has 2 saturated heterocycles. The highest BCUT2D eigenvalue weighted by Crippen LogP contribution is 2.32. The Hall–Kier alpha value is -0.860. The first kappa shape index (κ1) is 13.1. The summed E-state index contributed by atoms with van der Waals surface area (Å²) in [6.45, 7) is 7.53. The van der Waals surface area contributed by atoms with Crippen LogP contribution in [-0.4, -0.2) is 37.1 Å². The molecule has 0 saturated carbocycles. The van der Waals surface area contributed by atoms with Crippen LogP contribution in [0.1, 0.15) is 25.3 Å². The van der Waals surface area contributed by atoms with Crippen molar-refractivity contribution in [3.8, 4) is 0 Å². The maximum Gasteiger partial charge on any atom is 0.0111 e. The van der Waals surface area contributed by atoms with E-state index in [1.165, 1.54) is 51.0 Å². The summed E-state index contributed by atoms with van der Waals surface area (Å²) >= 11 is 0. The predicted molar refractivity (Wildman–Crippen MR) is 80.3 cm³/mol. The van der Waals surface area contributed by atoms with Gasteiger partial charge in [0.25, 0.3) is 0 Å². The first-order chi connectivity index (χ1) is 9.34. The maximum atomic E-state index is 3.54. The molecule has 3 atom stereocenters. The van der Waals surface area contributed by atoms with Gasteiger partial charge in [0.2, 0.25) is 0 Å². The van der Waals surface area contributed by atoms with Crippen LogP contribution in [0.3, 0.4) is 0 Å². The van der Waals surface area contributed by atoms with Gasteiger partial charge in [-0.3, -0.25) is 4.90 Å². The number of likely N-dealkylation sites (tertiary alicyclic amines) is 1. The normalized spacial score (nSPS) is 30.7. The van der Waals surface area contributed by atoms with Crippen LogP contribution in [-0.2, 0) is 6.42 Å². The molecular weight excluding hydrogens is 232 g/mol. The number of benzene rings is 1. The molecule has 2 heterocycles. The largest absolute Gasteiger partial charge is 0.316 e. The number of rotatable bonds is 5. The second-order valence-electron chi connectivity index (χ2n) is 6.26. The molecule has 19 heavy (non-hydrogen) atoms. The highest BCUT2D eigenvalue weighted by atomic mass is 15.2. The molecule has 1 N–H and O–H groups in total. The molecule has 1 aromatic carbocycles. The van der Waals surface area contributed by atoms with Crippen molar-refractivity contribution in [2.75, 3.05) is 26.2 Å². The van der Waals surface area contributed by atoms with Gasteiger partial charge in [-0.15, -0.1) is 0 Å². The average molecular weight is 258 g/mol. The van der Waals surface area contributed by atoms with Crippen molar-refractivity contribution in [1.29, 1.82) is 0 Å². The van der Waals surface area contributed by atoms with Crippen LogP contribution in [0.2, 0.25) is 0 Å². The van der Waals surface area contributed by atoms with E-state index in [2.05, 4.69) is 47.5 Å². The van der Waals surface area contributed by atoms with E-state index in [1.807, 2.05) is 0 Å². The summed E-state index contributed by atoms with van der Waals surface area (Å²) in [5.41, 5.74) is 1.48. The summed E-state index contributed by atoms with van der Waals surface area (Å²) < 4.78 is 0. The zero-order chi connectivity index (χ0) is 13.1. The number of hydrogen-bond acceptors (Lipinski definition) is 2. The molecular formula is C17H26N2. The number of aryl methyl sites for hydroxylation is 1. The Balaban J connectivity index is 1.39. The molecule has 2 aliphatic heterocycles. The van der Waals surface area contributed by atoms with E-state index >= 15 is 0 Å². The van der Waals surface area contributed by atoms with Gasteiger partial charge in [-0.1, -0.05) is 30.3 Å². The summed E-state index contributed by atoms with van der Waals surface area (Å²) in [4.78, 5) is 2.72. The van der Waals surface area contributed by atoms with E-state index in [4.69, 9.17) is 0 Å². The molecule has 0 spiro atoms. The number of fused-ring (bicyclic) bond motifs is 1. The van der Waals surface area contributed by atoms with Crippen LogP contribution in [0, 0.1) is 11.8 Å². The highest BCUT2D eigenvalue weighted by Gasteiger charge is 2.41. The van der Waals surface area contributed by atoms with Crippen LogP contribution in [0.25, 0.3) is 0 Å². The van der Waals surface area contributed by atoms with Gasteiger partial charge in [0.15, 0.2) is 0 Å². The van der Waals surface area contributed by atoms with Crippen LogP contribution < -0.4 is 5.32 Å². The second kappa shape index (κ2) is 6.06. The lowest BCUT2D eigenvalue weighted by molar-refractivity contribution is 0.235. The fourth-order valence-corrected chi connectivity index (χ4v) is 3.84. The zero-order valence-corrected chi connectivity index (χ0v) is 12.0. The number of unbranched alkanes of at least 4 members (excludes halogenated alkanes) is 1. The average Bonchev–Trinajstić information content (AvgIpc) is 3.00. The van der Waals surface area contributed by atoms with E-state index in [1.54, 1.807) is 0 Å². The van der Waals surface area contributed by atoms with Crippen molar-refractivity contribution in [2.45, 2.75) is 32.2 Å². The van der Waals surface area contributed by atoms with Gasteiger partial charge in [-0.2, -0.15) is 0 Å². The smallest absolute Gasteiger partial charge is 0.0111 e.